The van der Waals surface area contributed by atoms with Crippen molar-refractivity contribution in [2.75, 3.05) is 0 Å². The number of furan rings is 1. The van der Waals surface area contributed by atoms with Gasteiger partial charge in [-0.15, -0.1) is 0 Å². The second-order valence-corrected chi connectivity index (χ2v) is 6.68. The van der Waals surface area contributed by atoms with Crippen LogP contribution in [0.1, 0.15) is 16.9 Å². The van der Waals surface area contributed by atoms with Crippen molar-refractivity contribution < 1.29 is 18.7 Å². The van der Waals surface area contributed by atoms with Crippen molar-refractivity contribution in [1.82, 2.24) is 5.32 Å². The molecule has 6 nitrogen and oxygen atoms in total. The molecule has 0 aliphatic heterocycles. The van der Waals surface area contributed by atoms with Gasteiger partial charge in [-0.2, -0.15) is 5.26 Å². The summed E-state index contributed by atoms with van der Waals surface area (Å²) in [6, 6.07) is 18.9. The third kappa shape index (κ3) is 6.46. The summed E-state index contributed by atoms with van der Waals surface area (Å²) in [5.74, 6) is -0.163. The Morgan fingerprint density at radius 2 is 1.87 bits per heavy atom. The lowest BCUT2D eigenvalue weighted by Crippen LogP contribution is -2.23. The number of rotatable bonds is 7. The van der Waals surface area contributed by atoms with Crippen LogP contribution in [-0.2, 0) is 16.1 Å². The Hall–Kier alpha value is -4.08. The van der Waals surface area contributed by atoms with Crippen molar-refractivity contribution in [2.45, 2.75) is 6.54 Å². The molecule has 0 saturated heterocycles. The summed E-state index contributed by atoms with van der Waals surface area (Å²) in [6.07, 6.45) is 5.80. The summed E-state index contributed by atoms with van der Waals surface area (Å²) in [5, 5.41) is 12.4. The van der Waals surface area contributed by atoms with Gasteiger partial charge < -0.3 is 14.5 Å². The average Bonchev–Trinajstić information content (AvgIpc) is 3.30. The third-order valence-corrected chi connectivity index (χ3v) is 4.43. The van der Waals surface area contributed by atoms with Crippen LogP contribution >= 0.6 is 11.6 Å². The first-order chi connectivity index (χ1) is 15.0. The van der Waals surface area contributed by atoms with E-state index in [1.54, 1.807) is 60.7 Å². The smallest absolute Gasteiger partial charge is 0.336 e. The highest BCUT2D eigenvalue weighted by Crippen LogP contribution is 2.18. The molecule has 0 aliphatic carbocycles. The highest BCUT2D eigenvalue weighted by atomic mass is 35.5. The van der Waals surface area contributed by atoms with Crippen molar-refractivity contribution in [3.8, 4) is 11.8 Å². The molecule has 2 aromatic carbocycles. The fourth-order valence-corrected chi connectivity index (χ4v) is 2.74. The van der Waals surface area contributed by atoms with Crippen LogP contribution < -0.4 is 10.1 Å². The average molecular weight is 433 g/mol. The number of halogens is 1. The van der Waals surface area contributed by atoms with E-state index in [0.717, 1.165) is 0 Å². The maximum absolute atomic E-state index is 12.2. The number of hydrogen-bond acceptors (Lipinski definition) is 5. The van der Waals surface area contributed by atoms with Gasteiger partial charge in [0.2, 0.25) is 0 Å². The molecule has 154 valence electrons. The first-order valence-corrected chi connectivity index (χ1v) is 9.60. The standard InChI is InChI=1S/C24H17ClN2O4/c25-22-6-2-1-4-18(22)9-12-23(28)31-20-10-7-17(8-11-20)14-19(15-26)24(29)27-16-21-5-3-13-30-21/h1-14H,16H2,(H,27,29)/b12-9+,19-14+. The summed E-state index contributed by atoms with van der Waals surface area (Å²) < 4.78 is 10.4. The molecule has 1 heterocycles. The van der Waals surface area contributed by atoms with Gasteiger partial charge in [0.25, 0.3) is 5.91 Å². The van der Waals surface area contributed by atoms with Crippen LogP contribution in [0, 0.1) is 11.3 Å². The molecular weight excluding hydrogens is 416 g/mol. The molecule has 1 aromatic heterocycles. The minimum absolute atomic E-state index is 0.0565. The van der Waals surface area contributed by atoms with E-state index < -0.39 is 11.9 Å². The quantitative estimate of drug-likeness (QED) is 0.251. The number of amides is 1. The summed E-state index contributed by atoms with van der Waals surface area (Å²) >= 11 is 6.04. The van der Waals surface area contributed by atoms with Crippen LogP contribution in [0.3, 0.4) is 0 Å². The van der Waals surface area contributed by atoms with Crippen LogP contribution in [0.4, 0.5) is 0 Å². The summed E-state index contributed by atoms with van der Waals surface area (Å²) in [6.45, 7) is 0.182. The number of nitriles is 1. The van der Waals surface area contributed by atoms with Gasteiger partial charge in [-0.25, -0.2) is 4.79 Å². The van der Waals surface area contributed by atoms with E-state index in [2.05, 4.69) is 5.32 Å². The predicted octanol–water partition coefficient (Wildman–Crippen LogP) is 4.78. The van der Waals surface area contributed by atoms with Gasteiger partial charge in [-0.05, 0) is 53.6 Å². The van der Waals surface area contributed by atoms with Crippen molar-refractivity contribution in [3.63, 3.8) is 0 Å². The van der Waals surface area contributed by atoms with Crippen LogP contribution in [0.5, 0.6) is 5.75 Å². The lowest BCUT2D eigenvalue weighted by molar-refractivity contribution is -0.128. The number of ether oxygens (including phenoxy) is 1. The molecule has 0 radical (unpaired) electrons. The van der Waals surface area contributed by atoms with Gasteiger partial charge in [0.05, 0.1) is 12.8 Å². The summed E-state index contributed by atoms with van der Waals surface area (Å²) in [4.78, 5) is 24.2. The molecule has 7 heteroatoms. The molecule has 0 bridgehead atoms. The largest absolute Gasteiger partial charge is 0.467 e. The van der Waals surface area contributed by atoms with Gasteiger partial charge in [0.1, 0.15) is 23.2 Å². The molecule has 0 atom stereocenters. The number of carbonyl (C=O) groups excluding carboxylic acids is 2. The topological polar surface area (TPSA) is 92.3 Å². The zero-order valence-electron chi connectivity index (χ0n) is 16.2. The molecule has 31 heavy (non-hydrogen) atoms. The van der Waals surface area contributed by atoms with Gasteiger partial charge in [-0.1, -0.05) is 41.9 Å². The molecule has 1 N–H and O–H groups in total. The highest BCUT2D eigenvalue weighted by Gasteiger charge is 2.10. The van der Waals surface area contributed by atoms with Crippen LogP contribution in [0.15, 0.2) is 83.0 Å². The SMILES string of the molecule is N#C/C(=C\c1ccc(OC(=O)/C=C/c2ccccc2Cl)cc1)C(=O)NCc1ccco1. The second-order valence-electron chi connectivity index (χ2n) is 6.28. The number of hydrogen-bond donors (Lipinski definition) is 1. The molecular formula is C24H17ClN2O4. The molecule has 0 aliphatic rings. The normalized spacial score (nSPS) is 11.2. The Morgan fingerprint density at radius 1 is 1.10 bits per heavy atom. The molecule has 0 saturated carbocycles. The fraction of sp³-hybridized carbons (Fsp3) is 0.0417. The Bertz CT molecular complexity index is 1160. The summed E-state index contributed by atoms with van der Waals surface area (Å²) in [5.41, 5.74) is 1.26. The van der Waals surface area contributed by atoms with Gasteiger partial charge >= 0.3 is 5.97 Å². The molecule has 0 unspecified atom stereocenters. The Kier molecular flexibility index (Phi) is 7.41. The molecule has 1 amide bonds. The lowest BCUT2D eigenvalue weighted by atomic mass is 10.1. The fourth-order valence-electron chi connectivity index (χ4n) is 2.54. The van der Waals surface area contributed by atoms with E-state index in [-0.39, 0.29) is 12.1 Å². The molecule has 0 spiro atoms. The van der Waals surface area contributed by atoms with Crippen LogP contribution in [-0.4, -0.2) is 11.9 Å². The van der Waals surface area contributed by atoms with E-state index in [4.69, 9.17) is 20.8 Å². The number of carbonyl (C=O) groups is 2. The molecule has 3 aromatic rings. The zero-order chi connectivity index (χ0) is 22.1. The zero-order valence-corrected chi connectivity index (χ0v) is 17.0. The third-order valence-electron chi connectivity index (χ3n) is 4.08. The first-order valence-electron chi connectivity index (χ1n) is 9.22. The second kappa shape index (κ2) is 10.6. The molecule has 0 fully saturated rings. The van der Waals surface area contributed by atoms with E-state index in [0.29, 0.717) is 27.7 Å². The molecule has 3 rings (SSSR count). The minimum Gasteiger partial charge on any atom is -0.467 e. The Balaban J connectivity index is 1.59. The lowest BCUT2D eigenvalue weighted by Gasteiger charge is -2.04. The van der Waals surface area contributed by atoms with E-state index in [1.165, 1.54) is 18.4 Å². The van der Waals surface area contributed by atoms with E-state index >= 15 is 0 Å². The van der Waals surface area contributed by atoms with Gasteiger partial charge in [-0.3, -0.25) is 4.79 Å². The Labute approximate surface area is 184 Å². The van der Waals surface area contributed by atoms with Crippen LogP contribution in [0.2, 0.25) is 5.02 Å². The van der Waals surface area contributed by atoms with Crippen molar-refractivity contribution >= 4 is 35.6 Å². The van der Waals surface area contributed by atoms with Gasteiger partial charge in [0.15, 0.2) is 0 Å². The first kappa shape index (κ1) is 21.6. The van der Waals surface area contributed by atoms with E-state index in [9.17, 15) is 14.9 Å². The Morgan fingerprint density at radius 3 is 2.55 bits per heavy atom. The van der Waals surface area contributed by atoms with E-state index in [1.807, 2.05) is 12.1 Å². The minimum atomic E-state index is -0.557. The van der Waals surface area contributed by atoms with Crippen molar-refractivity contribution in [1.29, 1.82) is 5.26 Å². The van der Waals surface area contributed by atoms with Crippen molar-refractivity contribution in [2.24, 2.45) is 0 Å². The van der Waals surface area contributed by atoms with Crippen LogP contribution in [0.25, 0.3) is 12.2 Å². The number of esters is 1. The highest BCUT2D eigenvalue weighted by molar-refractivity contribution is 6.32. The summed E-state index contributed by atoms with van der Waals surface area (Å²) in [7, 11) is 0. The number of nitrogens with one attached hydrogen (secondary N) is 1. The monoisotopic (exact) mass is 432 g/mol. The number of benzene rings is 2. The number of nitrogens with zero attached hydrogens (tertiary/aromatic N) is 1. The maximum Gasteiger partial charge on any atom is 0.336 e. The maximum atomic E-state index is 12.2. The van der Waals surface area contributed by atoms with Crippen molar-refractivity contribution in [3.05, 3.63) is 100 Å². The van der Waals surface area contributed by atoms with Gasteiger partial charge in [0, 0.05) is 11.1 Å². The predicted molar refractivity (Wildman–Crippen MR) is 117 cm³/mol.